The molecule has 1 aromatic carbocycles. The highest BCUT2D eigenvalue weighted by molar-refractivity contribution is 5.86. The first-order valence-electron chi connectivity index (χ1n) is 7.54. The van der Waals surface area contributed by atoms with Crippen LogP contribution >= 0.6 is 0 Å². The van der Waals surface area contributed by atoms with Gasteiger partial charge in [-0.15, -0.1) is 0 Å². The Hall–Kier alpha value is -2.90. The summed E-state index contributed by atoms with van der Waals surface area (Å²) >= 11 is 0. The van der Waals surface area contributed by atoms with Crippen LogP contribution in [0.2, 0.25) is 0 Å². The number of hydrogen-bond acceptors (Lipinski definition) is 3. The Kier molecular flexibility index (Phi) is 5.10. The van der Waals surface area contributed by atoms with Crippen molar-refractivity contribution in [3.63, 3.8) is 0 Å². The van der Waals surface area contributed by atoms with Gasteiger partial charge in [0, 0.05) is 11.6 Å². The number of halogens is 3. The number of aromatic carboxylic acids is 1. The van der Waals surface area contributed by atoms with E-state index in [2.05, 4.69) is 10.1 Å². The molecule has 0 amide bonds. The highest BCUT2D eigenvalue weighted by atomic mass is 19.4. The molecule has 0 fully saturated rings. The number of alkyl halides is 3. The van der Waals surface area contributed by atoms with Gasteiger partial charge in [0.2, 0.25) is 0 Å². The highest BCUT2D eigenvalue weighted by Crippen LogP contribution is 2.32. The van der Waals surface area contributed by atoms with Gasteiger partial charge < -0.3 is 5.11 Å². The maximum atomic E-state index is 13.3. The molecular weight excluding hydrogens is 335 g/mol. The van der Waals surface area contributed by atoms with Gasteiger partial charge in [-0.1, -0.05) is 43.7 Å². The number of hydrogen-bond donors (Lipinski definition) is 1. The van der Waals surface area contributed by atoms with Crippen molar-refractivity contribution in [2.45, 2.75) is 26.9 Å². The molecule has 0 aliphatic rings. The molecule has 0 saturated carbocycles. The molecule has 0 atom stereocenters. The van der Waals surface area contributed by atoms with E-state index in [1.54, 1.807) is 24.3 Å². The Morgan fingerprint density at radius 2 is 1.72 bits per heavy atom. The molecule has 0 aliphatic heterocycles. The summed E-state index contributed by atoms with van der Waals surface area (Å²) in [7, 11) is 0. The van der Waals surface area contributed by atoms with E-state index in [1.165, 1.54) is 0 Å². The molecule has 132 valence electrons. The van der Waals surface area contributed by atoms with Crippen molar-refractivity contribution in [3.05, 3.63) is 53.3 Å². The van der Waals surface area contributed by atoms with Gasteiger partial charge in [-0.25, -0.2) is 14.3 Å². The third-order valence-electron chi connectivity index (χ3n) is 3.28. The quantitative estimate of drug-likeness (QED) is 0.741. The number of carboxylic acid groups (broad SMARTS) is 1. The lowest BCUT2D eigenvalue weighted by Crippen LogP contribution is -2.14. The van der Waals surface area contributed by atoms with Crippen molar-refractivity contribution in [1.29, 1.82) is 0 Å². The number of benzene rings is 1. The van der Waals surface area contributed by atoms with Gasteiger partial charge in [-0.2, -0.15) is 18.3 Å². The molecule has 25 heavy (non-hydrogen) atoms. The summed E-state index contributed by atoms with van der Waals surface area (Å²) in [5, 5.41) is 12.4. The van der Waals surface area contributed by atoms with Crippen LogP contribution in [0.3, 0.4) is 0 Å². The first-order chi connectivity index (χ1) is 11.8. The Morgan fingerprint density at radius 1 is 1.12 bits per heavy atom. The predicted molar refractivity (Wildman–Crippen MR) is 86.5 cm³/mol. The number of aryl methyl sites for hydroxylation is 1. The molecule has 5 nitrogen and oxygen atoms in total. The minimum absolute atomic E-state index is 0.0988. The minimum Gasteiger partial charge on any atom is -0.476 e. The topological polar surface area (TPSA) is 67.5 Å². The molecule has 3 aromatic rings. The zero-order valence-corrected chi connectivity index (χ0v) is 13.8. The van der Waals surface area contributed by atoms with Crippen LogP contribution in [-0.4, -0.2) is 25.7 Å². The second-order valence-electron chi connectivity index (χ2n) is 5.00. The van der Waals surface area contributed by atoms with Crippen LogP contribution in [0, 0.1) is 6.92 Å². The lowest BCUT2D eigenvalue weighted by molar-refractivity contribution is -0.142. The molecule has 0 bridgehead atoms. The Labute approximate surface area is 141 Å². The number of fused-ring (bicyclic) bond motifs is 1. The van der Waals surface area contributed by atoms with E-state index in [1.807, 2.05) is 20.8 Å². The first-order valence-corrected chi connectivity index (χ1v) is 7.54. The van der Waals surface area contributed by atoms with Crippen molar-refractivity contribution < 1.29 is 23.1 Å². The van der Waals surface area contributed by atoms with Crippen molar-refractivity contribution in [2.75, 3.05) is 0 Å². The molecule has 8 heteroatoms. The standard InChI is InChI=1S/C15H10F3N3O2.C2H6/c1-8-2-4-9(5-3-8)10-6-12(15(16,17)18)21-13(19-10)7-11(20-21)14(22)23;1-2/h2-7H,1H3,(H,22,23);1-2H3. The second kappa shape index (κ2) is 6.92. The SMILES string of the molecule is CC.Cc1ccc(-c2cc(C(F)(F)F)n3nc(C(=O)O)cc3n2)cc1. The maximum Gasteiger partial charge on any atom is 0.433 e. The lowest BCUT2D eigenvalue weighted by atomic mass is 10.1. The molecule has 0 unspecified atom stereocenters. The largest absolute Gasteiger partial charge is 0.476 e. The summed E-state index contributed by atoms with van der Waals surface area (Å²) in [6.07, 6.45) is -4.69. The normalized spacial score (nSPS) is 11.1. The summed E-state index contributed by atoms with van der Waals surface area (Å²) in [5.74, 6) is -1.42. The summed E-state index contributed by atoms with van der Waals surface area (Å²) < 4.78 is 40.3. The van der Waals surface area contributed by atoms with Gasteiger partial charge in [0.25, 0.3) is 0 Å². The predicted octanol–water partition coefficient (Wildman–Crippen LogP) is 4.45. The van der Waals surface area contributed by atoms with Gasteiger partial charge in [0.1, 0.15) is 0 Å². The zero-order valence-electron chi connectivity index (χ0n) is 13.8. The third-order valence-corrected chi connectivity index (χ3v) is 3.28. The van der Waals surface area contributed by atoms with Gasteiger partial charge in [0.05, 0.1) is 5.69 Å². The second-order valence-corrected chi connectivity index (χ2v) is 5.00. The summed E-state index contributed by atoms with van der Waals surface area (Å²) in [6.45, 7) is 5.86. The van der Waals surface area contributed by atoms with E-state index in [0.29, 0.717) is 10.1 Å². The third kappa shape index (κ3) is 3.78. The molecule has 2 aromatic heterocycles. The van der Waals surface area contributed by atoms with E-state index < -0.39 is 23.5 Å². The molecular formula is C17H16F3N3O2. The van der Waals surface area contributed by atoms with E-state index in [-0.39, 0.29) is 11.3 Å². The number of carbonyl (C=O) groups is 1. The average molecular weight is 351 g/mol. The summed E-state index contributed by atoms with van der Waals surface area (Å²) in [4.78, 5) is 15.0. The number of rotatable bonds is 2. The van der Waals surface area contributed by atoms with E-state index in [0.717, 1.165) is 17.7 Å². The fraction of sp³-hybridized carbons (Fsp3) is 0.235. The van der Waals surface area contributed by atoms with Crippen molar-refractivity contribution >= 4 is 11.6 Å². The van der Waals surface area contributed by atoms with E-state index in [9.17, 15) is 18.0 Å². The van der Waals surface area contributed by atoms with Crippen molar-refractivity contribution in [1.82, 2.24) is 14.6 Å². The van der Waals surface area contributed by atoms with Crippen molar-refractivity contribution in [2.24, 2.45) is 0 Å². The Morgan fingerprint density at radius 3 is 2.24 bits per heavy atom. The van der Waals surface area contributed by atoms with Crippen LogP contribution in [0.5, 0.6) is 0 Å². The van der Waals surface area contributed by atoms with Crippen molar-refractivity contribution in [3.8, 4) is 11.3 Å². The lowest BCUT2D eigenvalue weighted by Gasteiger charge is -2.11. The monoisotopic (exact) mass is 351 g/mol. The first kappa shape index (κ1) is 18.4. The van der Waals surface area contributed by atoms with Crippen LogP contribution in [0.1, 0.15) is 35.6 Å². The van der Waals surface area contributed by atoms with E-state index in [4.69, 9.17) is 5.11 Å². The van der Waals surface area contributed by atoms with Gasteiger partial charge in [-0.3, -0.25) is 0 Å². The van der Waals surface area contributed by atoms with E-state index >= 15 is 0 Å². The molecule has 3 rings (SSSR count). The molecule has 0 aliphatic carbocycles. The van der Waals surface area contributed by atoms with Gasteiger partial charge in [-0.05, 0) is 13.0 Å². The molecule has 0 saturated heterocycles. The highest BCUT2D eigenvalue weighted by Gasteiger charge is 2.35. The summed E-state index contributed by atoms with van der Waals surface area (Å²) in [6, 6.07) is 8.69. The van der Waals surface area contributed by atoms with Crippen LogP contribution in [-0.2, 0) is 6.18 Å². The number of carboxylic acids is 1. The number of nitrogens with zero attached hydrogens (tertiary/aromatic N) is 3. The van der Waals surface area contributed by atoms with Crippen LogP contribution < -0.4 is 0 Å². The Bertz CT molecular complexity index is 900. The van der Waals surface area contributed by atoms with Crippen LogP contribution in [0.15, 0.2) is 36.4 Å². The molecule has 1 N–H and O–H groups in total. The smallest absolute Gasteiger partial charge is 0.433 e. The minimum atomic E-state index is -4.69. The number of aromatic nitrogens is 3. The maximum absolute atomic E-state index is 13.3. The van der Waals surface area contributed by atoms with Crippen LogP contribution in [0.4, 0.5) is 13.2 Å². The average Bonchev–Trinajstić information content (AvgIpc) is 3.00. The fourth-order valence-corrected chi connectivity index (χ4v) is 2.15. The Balaban J connectivity index is 0.00000109. The van der Waals surface area contributed by atoms with Gasteiger partial charge >= 0.3 is 12.1 Å². The fourth-order valence-electron chi connectivity index (χ4n) is 2.15. The van der Waals surface area contributed by atoms with Crippen LogP contribution in [0.25, 0.3) is 16.9 Å². The van der Waals surface area contributed by atoms with Gasteiger partial charge in [0.15, 0.2) is 17.0 Å². The molecule has 2 heterocycles. The zero-order chi connectivity index (χ0) is 18.8. The molecule has 0 radical (unpaired) electrons. The molecule has 0 spiro atoms. The summed E-state index contributed by atoms with van der Waals surface area (Å²) in [5.41, 5.74) is -0.186.